The lowest BCUT2D eigenvalue weighted by Gasteiger charge is -2.09. The highest BCUT2D eigenvalue weighted by atomic mass is 32.2. The quantitative estimate of drug-likeness (QED) is 0.608. The van der Waals surface area contributed by atoms with Crippen LogP contribution in [-0.4, -0.2) is 14.2 Å². The van der Waals surface area contributed by atoms with Crippen molar-refractivity contribution in [3.63, 3.8) is 0 Å². The Labute approximate surface area is 146 Å². The van der Waals surface area contributed by atoms with Crippen LogP contribution in [0.15, 0.2) is 71.6 Å². The Bertz CT molecular complexity index is 1100. The fourth-order valence-electron chi connectivity index (χ4n) is 3.01. The molecule has 0 spiro atoms. The van der Waals surface area contributed by atoms with Crippen LogP contribution in [0.1, 0.15) is 21.5 Å². The van der Waals surface area contributed by atoms with Crippen LogP contribution in [0.5, 0.6) is 0 Å². The number of hydrogen-bond donors (Lipinski definition) is 1. The van der Waals surface area contributed by atoms with Crippen molar-refractivity contribution in [3.8, 4) is 11.1 Å². The fourth-order valence-corrected chi connectivity index (χ4v) is 4.09. The third-order valence-electron chi connectivity index (χ3n) is 4.31. The summed E-state index contributed by atoms with van der Waals surface area (Å²) in [6, 6.07) is 19.1. The van der Waals surface area contributed by atoms with Crippen molar-refractivity contribution in [2.45, 2.75) is 11.8 Å². The van der Waals surface area contributed by atoms with Gasteiger partial charge in [-0.3, -0.25) is 9.52 Å². The minimum Gasteiger partial charge on any atom is -0.289 e. The monoisotopic (exact) mass is 349 g/mol. The molecule has 0 bridgehead atoms. The Morgan fingerprint density at radius 2 is 1.40 bits per heavy atom. The van der Waals surface area contributed by atoms with Crippen LogP contribution in [0.25, 0.3) is 11.1 Å². The normalized spacial score (nSPS) is 12.6. The SMILES string of the molecule is Cc1ccc(NS(=O)(=O)c2ccc3c(c2)C(=O)c2ccccc2-3)cc1. The highest BCUT2D eigenvalue weighted by molar-refractivity contribution is 7.92. The zero-order valence-electron chi connectivity index (χ0n) is 13.5. The van der Waals surface area contributed by atoms with Gasteiger partial charge in [-0.2, -0.15) is 0 Å². The van der Waals surface area contributed by atoms with E-state index in [0.29, 0.717) is 16.8 Å². The molecule has 0 radical (unpaired) electrons. The van der Waals surface area contributed by atoms with Crippen molar-refractivity contribution in [2.75, 3.05) is 4.72 Å². The van der Waals surface area contributed by atoms with E-state index in [1.54, 1.807) is 30.3 Å². The number of aryl methyl sites for hydroxylation is 1. The van der Waals surface area contributed by atoms with Crippen molar-refractivity contribution in [2.24, 2.45) is 0 Å². The van der Waals surface area contributed by atoms with Crippen LogP contribution in [0.3, 0.4) is 0 Å². The van der Waals surface area contributed by atoms with E-state index in [4.69, 9.17) is 0 Å². The van der Waals surface area contributed by atoms with E-state index in [-0.39, 0.29) is 10.7 Å². The molecule has 0 saturated carbocycles. The second kappa shape index (κ2) is 5.57. The first-order valence-corrected chi connectivity index (χ1v) is 9.32. The molecule has 4 rings (SSSR count). The highest BCUT2D eigenvalue weighted by Gasteiger charge is 2.28. The molecule has 0 unspecified atom stereocenters. The summed E-state index contributed by atoms with van der Waals surface area (Å²) in [7, 11) is -3.76. The van der Waals surface area contributed by atoms with Crippen molar-refractivity contribution < 1.29 is 13.2 Å². The predicted molar refractivity (Wildman–Crippen MR) is 97.3 cm³/mol. The van der Waals surface area contributed by atoms with Crippen LogP contribution < -0.4 is 4.72 Å². The Morgan fingerprint density at radius 1 is 0.760 bits per heavy atom. The minimum atomic E-state index is -3.76. The molecule has 25 heavy (non-hydrogen) atoms. The zero-order chi connectivity index (χ0) is 17.6. The minimum absolute atomic E-state index is 0.0768. The first kappa shape index (κ1) is 15.6. The summed E-state index contributed by atoms with van der Waals surface area (Å²) in [4.78, 5) is 12.6. The topological polar surface area (TPSA) is 63.2 Å². The van der Waals surface area contributed by atoms with Gasteiger partial charge in [0.05, 0.1) is 4.90 Å². The van der Waals surface area contributed by atoms with Gasteiger partial charge in [0, 0.05) is 16.8 Å². The largest absolute Gasteiger partial charge is 0.289 e. The van der Waals surface area contributed by atoms with E-state index < -0.39 is 10.0 Å². The van der Waals surface area contributed by atoms with Gasteiger partial charge in [0.1, 0.15) is 0 Å². The summed E-state index contributed by atoms with van der Waals surface area (Å²) in [6.07, 6.45) is 0. The number of carbonyl (C=O) groups excluding carboxylic acids is 1. The van der Waals surface area contributed by atoms with Crippen molar-refractivity contribution >= 4 is 21.5 Å². The number of benzene rings is 3. The number of nitrogens with one attached hydrogen (secondary N) is 1. The lowest BCUT2D eigenvalue weighted by atomic mass is 10.1. The number of anilines is 1. The predicted octanol–water partition coefficient (Wildman–Crippen LogP) is 4.01. The number of sulfonamides is 1. The van der Waals surface area contributed by atoms with Gasteiger partial charge in [0.25, 0.3) is 10.0 Å². The fraction of sp³-hybridized carbons (Fsp3) is 0.0500. The summed E-state index contributed by atoms with van der Waals surface area (Å²) in [5.41, 5.74) is 4.18. The Kier molecular flexibility index (Phi) is 3.47. The van der Waals surface area contributed by atoms with Crippen LogP contribution in [0.2, 0.25) is 0 Å². The van der Waals surface area contributed by atoms with E-state index in [0.717, 1.165) is 16.7 Å². The maximum atomic E-state index is 12.6. The van der Waals surface area contributed by atoms with Crippen LogP contribution >= 0.6 is 0 Å². The van der Waals surface area contributed by atoms with Crippen molar-refractivity contribution in [1.29, 1.82) is 0 Å². The van der Waals surface area contributed by atoms with E-state index >= 15 is 0 Å². The maximum absolute atomic E-state index is 12.6. The van der Waals surface area contributed by atoms with Crippen molar-refractivity contribution in [3.05, 3.63) is 83.4 Å². The molecule has 3 aromatic carbocycles. The molecular weight excluding hydrogens is 334 g/mol. The Hall–Kier alpha value is -2.92. The maximum Gasteiger partial charge on any atom is 0.261 e. The van der Waals surface area contributed by atoms with Crippen LogP contribution in [-0.2, 0) is 10.0 Å². The van der Waals surface area contributed by atoms with Gasteiger partial charge in [-0.15, -0.1) is 0 Å². The van der Waals surface area contributed by atoms with E-state index in [1.165, 1.54) is 12.1 Å². The summed E-state index contributed by atoms with van der Waals surface area (Å²) in [5, 5.41) is 0. The average molecular weight is 349 g/mol. The molecule has 3 aromatic rings. The number of ketones is 1. The molecule has 0 saturated heterocycles. The molecule has 1 aliphatic rings. The molecule has 1 aliphatic carbocycles. The second-order valence-corrected chi connectivity index (χ2v) is 7.74. The molecule has 4 nitrogen and oxygen atoms in total. The van der Waals surface area contributed by atoms with Crippen LogP contribution in [0, 0.1) is 6.92 Å². The number of fused-ring (bicyclic) bond motifs is 3. The zero-order valence-corrected chi connectivity index (χ0v) is 14.3. The molecule has 1 N–H and O–H groups in total. The molecule has 0 fully saturated rings. The lowest BCUT2D eigenvalue weighted by molar-refractivity contribution is 0.104. The highest BCUT2D eigenvalue weighted by Crippen LogP contribution is 2.37. The smallest absolute Gasteiger partial charge is 0.261 e. The second-order valence-electron chi connectivity index (χ2n) is 6.05. The van der Waals surface area contributed by atoms with Gasteiger partial charge >= 0.3 is 0 Å². The molecule has 124 valence electrons. The summed E-state index contributed by atoms with van der Waals surface area (Å²) in [5.74, 6) is -0.141. The first-order chi connectivity index (χ1) is 12.0. The van der Waals surface area contributed by atoms with Gasteiger partial charge in [-0.25, -0.2) is 8.42 Å². The molecule has 0 aliphatic heterocycles. The van der Waals surface area contributed by atoms with Crippen LogP contribution in [0.4, 0.5) is 5.69 Å². The van der Waals surface area contributed by atoms with Gasteiger partial charge in [0.15, 0.2) is 5.78 Å². The third kappa shape index (κ3) is 2.62. The molecule has 5 heteroatoms. The first-order valence-electron chi connectivity index (χ1n) is 7.83. The molecule has 0 amide bonds. The summed E-state index contributed by atoms with van der Waals surface area (Å²) < 4.78 is 27.8. The summed E-state index contributed by atoms with van der Waals surface area (Å²) in [6.45, 7) is 1.93. The average Bonchev–Trinajstić information content (AvgIpc) is 2.90. The van der Waals surface area contributed by atoms with Gasteiger partial charge < -0.3 is 0 Å². The van der Waals surface area contributed by atoms with E-state index in [1.807, 2.05) is 31.2 Å². The lowest BCUT2D eigenvalue weighted by Crippen LogP contribution is -2.13. The number of hydrogen-bond acceptors (Lipinski definition) is 3. The Balaban J connectivity index is 1.73. The van der Waals surface area contributed by atoms with Gasteiger partial charge in [-0.1, -0.05) is 48.0 Å². The standard InChI is InChI=1S/C20H15NO3S/c1-13-6-8-14(9-7-13)21-25(23,24)15-10-11-17-16-4-2-3-5-18(16)20(22)19(17)12-15/h2-12,21H,1H3. The molecule has 0 atom stereocenters. The molecular formula is C20H15NO3S. The third-order valence-corrected chi connectivity index (χ3v) is 5.69. The van der Waals surface area contributed by atoms with E-state index in [9.17, 15) is 13.2 Å². The molecule has 0 aromatic heterocycles. The molecule has 0 heterocycles. The van der Waals surface area contributed by atoms with Gasteiger partial charge in [-0.05, 0) is 42.3 Å². The van der Waals surface area contributed by atoms with Gasteiger partial charge in [0.2, 0.25) is 0 Å². The van der Waals surface area contributed by atoms with Crippen molar-refractivity contribution in [1.82, 2.24) is 0 Å². The van der Waals surface area contributed by atoms with E-state index in [2.05, 4.69) is 4.72 Å². The Morgan fingerprint density at radius 3 is 2.12 bits per heavy atom. The number of rotatable bonds is 3. The summed E-state index contributed by atoms with van der Waals surface area (Å²) >= 11 is 0. The number of carbonyl (C=O) groups is 1.